The van der Waals surface area contributed by atoms with E-state index in [0.717, 1.165) is 6.08 Å². The van der Waals surface area contributed by atoms with Gasteiger partial charge in [-0.3, -0.25) is 4.79 Å². The number of hydrogen-bond donors (Lipinski definition) is 1. The third-order valence-electron chi connectivity index (χ3n) is 3.31. The van der Waals surface area contributed by atoms with Gasteiger partial charge in [-0.2, -0.15) is 0 Å². The molecule has 136 valence electrons. The summed E-state index contributed by atoms with van der Waals surface area (Å²) in [7, 11) is 2.98. The summed E-state index contributed by atoms with van der Waals surface area (Å²) in [5, 5.41) is 2.59. The van der Waals surface area contributed by atoms with Crippen molar-refractivity contribution in [2.45, 2.75) is 0 Å². The van der Waals surface area contributed by atoms with E-state index in [2.05, 4.69) is 5.32 Å². The monoisotopic (exact) mass is 359 g/mol. The quantitative estimate of drug-likeness (QED) is 0.608. The first-order chi connectivity index (χ1) is 12.5. The SMILES string of the molecule is COc1ccc(NC(=O)COC(=O)/C=C/c2ccc(F)cc2)c(OC)c1. The van der Waals surface area contributed by atoms with Gasteiger partial charge >= 0.3 is 5.97 Å². The molecule has 0 unspecified atom stereocenters. The van der Waals surface area contributed by atoms with E-state index in [1.165, 1.54) is 44.6 Å². The number of benzene rings is 2. The van der Waals surface area contributed by atoms with Crippen LogP contribution >= 0.6 is 0 Å². The van der Waals surface area contributed by atoms with E-state index >= 15 is 0 Å². The fourth-order valence-corrected chi connectivity index (χ4v) is 2.01. The van der Waals surface area contributed by atoms with Crippen LogP contribution in [0.25, 0.3) is 6.08 Å². The Hall–Kier alpha value is -3.35. The normalized spacial score (nSPS) is 10.4. The van der Waals surface area contributed by atoms with Gasteiger partial charge in [-0.05, 0) is 35.9 Å². The summed E-state index contributed by atoms with van der Waals surface area (Å²) in [6.45, 7) is -0.457. The third-order valence-corrected chi connectivity index (χ3v) is 3.31. The topological polar surface area (TPSA) is 73.9 Å². The van der Waals surface area contributed by atoms with Gasteiger partial charge in [-0.25, -0.2) is 9.18 Å². The van der Waals surface area contributed by atoms with Gasteiger partial charge in [0.05, 0.1) is 19.9 Å². The average Bonchev–Trinajstić information content (AvgIpc) is 2.66. The third kappa shape index (κ3) is 5.62. The molecule has 0 aliphatic rings. The molecule has 0 aliphatic heterocycles. The minimum absolute atomic E-state index is 0.365. The number of carbonyl (C=O) groups excluding carboxylic acids is 2. The smallest absolute Gasteiger partial charge is 0.331 e. The molecule has 26 heavy (non-hydrogen) atoms. The molecule has 6 nitrogen and oxygen atoms in total. The van der Waals surface area contributed by atoms with Crippen LogP contribution in [0.3, 0.4) is 0 Å². The Morgan fingerprint density at radius 2 is 1.81 bits per heavy atom. The van der Waals surface area contributed by atoms with Crippen LogP contribution in [0.1, 0.15) is 5.56 Å². The molecule has 7 heteroatoms. The van der Waals surface area contributed by atoms with Crippen LogP contribution in [-0.4, -0.2) is 32.7 Å². The predicted octanol–water partition coefficient (Wildman–Crippen LogP) is 3.04. The van der Waals surface area contributed by atoms with Crippen LogP contribution in [0, 0.1) is 5.82 Å². The molecule has 0 aromatic heterocycles. The zero-order valence-electron chi connectivity index (χ0n) is 14.3. The lowest BCUT2D eigenvalue weighted by atomic mass is 10.2. The first-order valence-electron chi connectivity index (χ1n) is 7.64. The predicted molar refractivity (Wildman–Crippen MR) is 94.6 cm³/mol. The summed E-state index contributed by atoms with van der Waals surface area (Å²) in [5.41, 5.74) is 1.06. The summed E-state index contributed by atoms with van der Waals surface area (Å²) in [5.74, 6) is -0.573. The summed E-state index contributed by atoms with van der Waals surface area (Å²) in [4.78, 5) is 23.6. The maximum atomic E-state index is 12.8. The van der Waals surface area contributed by atoms with Crippen LogP contribution in [0.15, 0.2) is 48.5 Å². The standard InChI is InChI=1S/C19H18FNO5/c1-24-15-8-9-16(17(11-15)25-2)21-18(22)12-26-19(23)10-5-13-3-6-14(20)7-4-13/h3-11H,12H2,1-2H3,(H,21,22)/b10-5+. The number of ether oxygens (including phenoxy) is 3. The maximum Gasteiger partial charge on any atom is 0.331 e. The molecule has 1 amide bonds. The number of carbonyl (C=O) groups is 2. The van der Waals surface area contributed by atoms with Gasteiger partial charge in [0.15, 0.2) is 6.61 Å². The fourth-order valence-electron chi connectivity index (χ4n) is 2.01. The Morgan fingerprint density at radius 1 is 1.08 bits per heavy atom. The van der Waals surface area contributed by atoms with Gasteiger partial charge in [0, 0.05) is 12.1 Å². The second-order valence-corrected chi connectivity index (χ2v) is 5.11. The van der Waals surface area contributed by atoms with Crippen molar-refractivity contribution in [2.75, 3.05) is 26.1 Å². The molecular formula is C19H18FNO5. The van der Waals surface area contributed by atoms with E-state index in [4.69, 9.17) is 14.2 Å². The second kappa shape index (κ2) is 9.22. The number of nitrogens with one attached hydrogen (secondary N) is 1. The first kappa shape index (κ1) is 19.0. The first-order valence-corrected chi connectivity index (χ1v) is 7.64. The lowest BCUT2D eigenvalue weighted by Crippen LogP contribution is -2.20. The molecule has 0 radical (unpaired) electrons. The average molecular weight is 359 g/mol. The summed E-state index contributed by atoms with van der Waals surface area (Å²) in [6.07, 6.45) is 2.63. The van der Waals surface area contributed by atoms with E-state index in [1.807, 2.05) is 0 Å². The van der Waals surface area contributed by atoms with Crippen LogP contribution in [-0.2, 0) is 14.3 Å². The van der Waals surface area contributed by atoms with Gasteiger partial charge in [0.25, 0.3) is 5.91 Å². The van der Waals surface area contributed by atoms with Crippen LogP contribution < -0.4 is 14.8 Å². The van der Waals surface area contributed by atoms with Crippen molar-refractivity contribution in [1.29, 1.82) is 0 Å². The number of amides is 1. The largest absolute Gasteiger partial charge is 0.497 e. The molecule has 2 rings (SSSR count). The Bertz CT molecular complexity index is 802. The van der Waals surface area contributed by atoms with E-state index in [-0.39, 0.29) is 5.82 Å². The lowest BCUT2D eigenvalue weighted by Gasteiger charge is -2.11. The van der Waals surface area contributed by atoms with Gasteiger partial charge in [-0.15, -0.1) is 0 Å². The van der Waals surface area contributed by atoms with Crippen molar-refractivity contribution >= 4 is 23.6 Å². The molecule has 0 bridgehead atoms. The molecule has 0 saturated heterocycles. The maximum absolute atomic E-state index is 12.8. The van der Waals surface area contributed by atoms with Gasteiger partial charge in [0.2, 0.25) is 0 Å². The summed E-state index contributed by atoms with van der Waals surface area (Å²) < 4.78 is 27.9. The molecule has 0 fully saturated rings. The second-order valence-electron chi connectivity index (χ2n) is 5.11. The Balaban J connectivity index is 1.86. The highest BCUT2D eigenvalue weighted by atomic mass is 19.1. The highest BCUT2D eigenvalue weighted by Crippen LogP contribution is 2.28. The Morgan fingerprint density at radius 3 is 2.46 bits per heavy atom. The summed E-state index contributed by atoms with van der Waals surface area (Å²) in [6, 6.07) is 10.5. The van der Waals surface area contributed by atoms with E-state index in [0.29, 0.717) is 22.7 Å². The van der Waals surface area contributed by atoms with Gasteiger partial charge in [-0.1, -0.05) is 12.1 Å². The number of halogens is 1. The molecule has 0 spiro atoms. The number of esters is 1. The van der Waals surface area contributed by atoms with E-state index < -0.39 is 18.5 Å². The van der Waals surface area contributed by atoms with Crippen LogP contribution in [0.5, 0.6) is 11.5 Å². The Labute approximate surface area is 150 Å². The summed E-state index contributed by atoms with van der Waals surface area (Å²) >= 11 is 0. The minimum Gasteiger partial charge on any atom is -0.497 e. The molecule has 0 heterocycles. The van der Waals surface area contributed by atoms with Gasteiger partial charge in [0.1, 0.15) is 17.3 Å². The van der Waals surface area contributed by atoms with E-state index in [1.54, 1.807) is 18.2 Å². The molecule has 0 saturated carbocycles. The van der Waals surface area contributed by atoms with Crippen molar-refractivity contribution in [1.82, 2.24) is 0 Å². The molecule has 2 aromatic carbocycles. The molecule has 0 atom stereocenters. The molecular weight excluding hydrogens is 341 g/mol. The zero-order valence-corrected chi connectivity index (χ0v) is 14.3. The fraction of sp³-hybridized carbons (Fsp3) is 0.158. The number of anilines is 1. The van der Waals surface area contributed by atoms with Crippen molar-refractivity contribution in [2.24, 2.45) is 0 Å². The number of hydrogen-bond acceptors (Lipinski definition) is 5. The highest BCUT2D eigenvalue weighted by Gasteiger charge is 2.10. The minimum atomic E-state index is -0.689. The van der Waals surface area contributed by atoms with Crippen molar-refractivity contribution in [3.63, 3.8) is 0 Å². The van der Waals surface area contributed by atoms with E-state index in [9.17, 15) is 14.0 Å². The van der Waals surface area contributed by atoms with Crippen LogP contribution in [0.4, 0.5) is 10.1 Å². The highest BCUT2D eigenvalue weighted by molar-refractivity contribution is 5.95. The van der Waals surface area contributed by atoms with Crippen molar-refractivity contribution < 1.29 is 28.2 Å². The Kier molecular flexibility index (Phi) is 6.73. The zero-order chi connectivity index (χ0) is 18.9. The van der Waals surface area contributed by atoms with Crippen molar-refractivity contribution in [3.8, 4) is 11.5 Å². The molecule has 1 N–H and O–H groups in total. The van der Waals surface area contributed by atoms with Gasteiger partial charge < -0.3 is 19.5 Å². The number of rotatable bonds is 7. The van der Waals surface area contributed by atoms with Crippen molar-refractivity contribution in [3.05, 3.63) is 59.9 Å². The molecule has 0 aliphatic carbocycles. The van der Waals surface area contributed by atoms with Crippen LogP contribution in [0.2, 0.25) is 0 Å². The lowest BCUT2D eigenvalue weighted by molar-refractivity contribution is -0.142. The molecule has 2 aromatic rings. The number of methoxy groups -OCH3 is 2.